The third-order valence-corrected chi connectivity index (χ3v) is 2.60. The molecule has 0 spiro atoms. The van der Waals surface area contributed by atoms with Gasteiger partial charge in [0.05, 0.1) is 25.6 Å². The Bertz CT molecular complexity index is 307. The highest BCUT2D eigenvalue weighted by atomic mass is 16.5. The van der Waals surface area contributed by atoms with Gasteiger partial charge >= 0.3 is 0 Å². The number of anilines is 1. The molecule has 1 aromatic heterocycles. The minimum Gasteiger partial charge on any atom is -0.494 e. The summed E-state index contributed by atoms with van der Waals surface area (Å²) in [6.07, 6.45) is 4.73. The summed E-state index contributed by atoms with van der Waals surface area (Å²) >= 11 is 0. The van der Waals surface area contributed by atoms with Crippen molar-refractivity contribution < 1.29 is 9.84 Å². The molecule has 1 aromatic rings. The molecule has 0 aromatic carbocycles. The van der Waals surface area contributed by atoms with Gasteiger partial charge in [-0.2, -0.15) is 0 Å². The molecule has 82 valence electrons. The number of rotatable bonds is 2. The summed E-state index contributed by atoms with van der Waals surface area (Å²) in [5, 5.41) is 9.37. The van der Waals surface area contributed by atoms with Crippen LogP contribution in [-0.4, -0.2) is 41.4 Å². The molecule has 1 fully saturated rings. The summed E-state index contributed by atoms with van der Waals surface area (Å²) in [5.41, 5.74) is 0. The third-order valence-electron chi connectivity index (χ3n) is 2.60. The van der Waals surface area contributed by atoms with Gasteiger partial charge in [-0.3, -0.25) is 0 Å². The molecule has 0 unspecified atom stereocenters. The lowest BCUT2D eigenvalue weighted by molar-refractivity contribution is 0.145. The zero-order valence-electron chi connectivity index (χ0n) is 8.76. The van der Waals surface area contributed by atoms with Crippen LogP contribution in [0.25, 0.3) is 0 Å². The number of aliphatic hydroxyl groups excluding tert-OH is 1. The largest absolute Gasteiger partial charge is 0.494 e. The Morgan fingerprint density at radius 1 is 1.33 bits per heavy atom. The van der Waals surface area contributed by atoms with Gasteiger partial charge in [-0.1, -0.05) is 0 Å². The topological polar surface area (TPSA) is 58.5 Å². The van der Waals surface area contributed by atoms with E-state index in [1.165, 1.54) is 0 Å². The van der Waals surface area contributed by atoms with Crippen LogP contribution in [0.5, 0.6) is 5.75 Å². The van der Waals surface area contributed by atoms with Crippen molar-refractivity contribution in [3.05, 3.63) is 12.4 Å². The molecule has 0 atom stereocenters. The van der Waals surface area contributed by atoms with Crippen molar-refractivity contribution >= 4 is 5.95 Å². The van der Waals surface area contributed by atoms with E-state index in [0.717, 1.165) is 25.9 Å². The average molecular weight is 209 g/mol. The van der Waals surface area contributed by atoms with E-state index >= 15 is 0 Å². The van der Waals surface area contributed by atoms with Crippen molar-refractivity contribution in [1.29, 1.82) is 0 Å². The molecule has 5 nitrogen and oxygen atoms in total. The SMILES string of the molecule is COc1cnc(N2CCC(O)CC2)nc1. The molecule has 0 bridgehead atoms. The zero-order chi connectivity index (χ0) is 10.7. The number of piperidine rings is 1. The molecule has 0 amide bonds. The van der Waals surface area contributed by atoms with E-state index in [1.807, 2.05) is 0 Å². The van der Waals surface area contributed by atoms with E-state index in [0.29, 0.717) is 11.7 Å². The fraction of sp³-hybridized carbons (Fsp3) is 0.600. The Morgan fingerprint density at radius 2 is 1.93 bits per heavy atom. The monoisotopic (exact) mass is 209 g/mol. The number of aliphatic hydroxyl groups is 1. The number of hydrogen-bond acceptors (Lipinski definition) is 5. The highest BCUT2D eigenvalue weighted by molar-refractivity contribution is 5.31. The second kappa shape index (κ2) is 4.44. The first-order valence-corrected chi connectivity index (χ1v) is 5.08. The Morgan fingerprint density at radius 3 is 2.47 bits per heavy atom. The number of aromatic nitrogens is 2. The van der Waals surface area contributed by atoms with Crippen LogP contribution in [0.3, 0.4) is 0 Å². The minimum absolute atomic E-state index is 0.167. The van der Waals surface area contributed by atoms with Gasteiger partial charge in [0, 0.05) is 13.1 Å². The lowest BCUT2D eigenvalue weighted by Gasteiger charge is -2.29. The normalized spacial score (nSPS) is 17.9. The van der Waals surface area contributed by atoms with Gasteiger partial charge in [0.15, 0.2) is 5.75 Å². The van der Waals surface area contributed by atoms with Crippen molar-refractivity contribution in [1.82, 2.24) is 9.97 Å². The Labute approximate surface area is 88.7 Å². The molecule has 1 aliphatic rings. The lowest BCUT2D eigenvalue weighted by Crippen LogP contribution is -2.36. The van der Waals surface area contributed by atoms with Gasteiger partial charge < -0.3 is 14.7 Å². The summed E-state index contributed by atoms with van der Waals surface area (Å²) in [5.74, 6) is 1.37. The van der Waals surface area contributed by atoms with Crippen molar-refractivity contribution in [3.8, 4) is 5.75 Å². The molecule has 0 saturated carbocycles. The predicted octanol–water partition coefficient (Wildman–Crippen LogP) is 0.446. The van der Waals surface area contributed by atoms with Crippen LogP contribution < -0.4 is 9.64 Å². The van der Waals surface area contributed by atoms with Gasteiger partial charge in [0.25, 0.3) is 0 Å². The summed E-state index contributed by atoms with van der Waals surface area (Å²) in [4.78, 5) is 10.5. The average Bonchev–Trinajstić information content (AvgIpc) is 2.30. The van der Waals surface area contributed by atoms with Gasteiger partial charge in [-0.15, -0.1) is 0 Å². The molecule has 1 saturated heterocycles. The maximum atomic E-state index is 9.37. The van der Waals surface area contributed by atoms with Gasteiger partial charge in [-0.05, 0) is 12.8 Å². The first-order valence-electron chi connectivity index (χ1n) is 5.08. The fourth-order valence-electron chi connectivity index (χ4n) is 1.64. The molecule has 2 rings (SSSR count). The Balaban J connectivity index is 2.03. The second-order valence-electron chi connectivity index (χ2n) is 3.64. The standard InChI is InChI=1S/C10H15N3O2/c1-15-9-6-11-10(12-7-9)13-4-2-8(14)3-5-13/h6-8,14H,2-5H2,1H3. The zero-order valence-corrected chi connectivity index (χ0v) is 8.76. The summed E-state index contributed by atoms with van der Waals surface area (Å²) in [6.45, 7) is 1.63. The third kappa shape index (κ3) is 2.36. The van der Waals surface area contributed by atoms with Crippen molar-refractivity contribution in [2.24, 2.45) is 0 Å². The summed E-state index contributed by atoms with van der Waals surface area (Å²) < 4.78 is 4.99. The molecule has 2 heterocycles. The Hall–Kier alpha value is -1.36. The number of nitrogens with zero attached hydrogens (tertiary/aromatic N) is 3. The maximum Gasteiger partial charge on any atom is 0.225 e. The Kier molecular flexibility index (Phi) is 3.01. The molecule has 15 heavy (non-hydrogen) atoms. The second-order valence-corrected chi connectivity index (χ2v) is 3.64. The van der Waals surface area contributed by atoms with Crippen LogP contribution in [0.15, 0.2) is 12.4 Å². The van der Waals surface area contributed by atoms with E-state index in [-0.39, 0.29) is 6.10 Å². The van der Waals surface area contributed by atoms with Crippen LogP contribution in [-0.2, 0) is 0 Å². The summed E-state index contributed by atoms with van der Waals surface area (Å²) in [7, 11) is 1.59. The molecule has 0 radical (unpaired) electrons. The van der Waals surface area contributed by atoms with Gasteiger partial charge in [0.2, 0.25) is 5.95 Å². The predicted molar refractivity (Wildman–Crippen MR) is 56.0 cm³/mol. The number of ether oxygens (including phenoxy) is 1. The van der Waals surface area contributed by atoms with E-state index < -0.39 is 0 Å². The molecule has 5 heteroatoms. The number of hydrogen-bond donors (Lipinski definition) is 1. The van der Waals surface area contributed by atoms with Crippen LogP contribution in [0.1, 0.15) is 12.8 Å². The van der Waals surface area contributed by atoms with E-state index in [2.05, 4.69) is 14.9 Å². The molecule has 1 N–H and O–H groups in total. The van der Waals surface area contributed by atoms with Gasteiger partial charge in [-0.25, -0.2) is 9.97 Å². The van der Waals surface area contributed by atoms with Gasteiger partial charge in [0.1, 0.15) is 0 Å². The van der Waals surface area contributed by atoms with E-state index in [1.54, 1.807) is 19.5 Å². The molecule has 0 aliphatic carbocycles. The van der Waals surface area contributed by atoms with Crippen LogP contribution in [0.4, 0.5) is 5.95 Å². The molecule has 1 aliphatic heterocycles. The van der Waals surface area contributed by atoms with Crippen LogP contribution >= 0.6 is 0 Å². The first kappa shape index (κ1) is 10.2. The van der Waals surface area contributed by atoms with E-state index in [4.69, 9.17) is 4.74 Å². The lowest BCUT2D eigenvalue weighted by atomic mass is 10.1. The smallest absolute Gasteiger partial charge is 0.225 e. The first-order chi connectivity index (χ1) is 7.29. The van der Waals surface area contributed by atoms with Crippen LogP contribution in [0.2, 0.25) is 0 Å². The fourth-order valence-corrected chi connectivity index (χ4v) is 1.64. The molecular formula is C10H15N3O2. The quantitative estimate of drug-likeness (QED) is 0.766. The van der Waals surface area contributed by atoms with Crippen molar-refractivity contribution in [2.75, 3.05) is 25.1 Å². The van der Waals surface area contributed by atoms with Crippen molar-refractivity contribution in [2.45, 2.75) is 18.9 Å². The summed E-state index contributed by atoms with van der Waals surface area (Å²) in [6, 6.07) is 0. The molecular weight excluding hydrogens is 194 g/mol. The number of methoxy groups -OCH3 is 1. The highest BCUT2D eigenvalue weighted by Gasteiger charge is 2.18. The van der Waals surface area contributed by atoms with Crippen molar-refractivity contribution in [3.63, 3.8) is 0 Å². The van der Waals surface area contributed by atoms with E-state index in [9.17, 15) is 5.11 Å². The van der Waals surface area contributed by atoms with Crippen LogP contribution in [0, 0.1) is 0 Å². The minimum atomic E-state index is -0.167. The maximum absolute atomic E-state index is 9.37. The highest BCUT2D eigenvalue weighted by Crippen LogP contribution is 2.16.